The highest BCUT2D eigenvalue weighted by Gasteiger charge is 2.25. The predicted molar refractivity (Wildman–Crippen MR) is 267 cm³/mol. The first kappa shape index (κ1) is 36.7. The summed E-state index contributed by atoms with van der Waals surface area (Å²) in [5.74, 6) is 0. The predicted octanol–water partition coefficient (Wildman–Crippen LogP) is 16.4. The van der Waals surface area contributed by atoms with Crippen LogP contribution in [0, 0.1) is 0 Å². The maximum Gasteiger partial charge on any atom is 0.0620 e. The Bertz CT molecular complexity index is 3520. The summed E-state index contributed by atoms with van der Waals surface area (Å²) in [6.45, 7) is 0. The second kappa shape index (κ2) is 15.4. The molecule has 0 amide bonds. The summed E-state index contributed by atoms with van der Waals surface area (Å²) in [5, 5.41) is 6.21. The van der Waals surface area contributed by atoms with Crippen molar-refractivity contribution in [2.75, 3.05) is 4.90 Å². The minimum atomic E-state index is 1.01. The van der Waals surface area contributed by atoms with E-state index in [2.05, 4.69) is 251 Å². The Morgan fingerprint density at radius 3 is 1.73 bits per heavy atom. The normalized spacial score (nSPS) is 12.7. The first-order chi connectivity index (χ1) is 31.3. The van der Waals surface area contributed by atoms with E-state index in [4.69, 9.17) is 0 Å². The van der Waals surface area contributed by atoms with E-state index in [-0.39, 0.29) is 0 Å². The van der Waals surface area contributed by atoms with Gasteiger partial charge in [-0.3, -0.25) is 0 Å². The maximum atomic E-state index is 2.51. The van der Waals surface area contributed by atoms with Crippen LogP contribution in [0.2, 0.25) is 0 Å². The summed E-state index contributed by atoms with van der Waals surface area (Å²) in [6, 6.07) is 79.5. The number of benzene rings is 9. The zero-order valence-corrected chi connectivity index (χ0v) is 34.8. The van der Waals surface area contributed by atoms with Crippen molar-refractivity contribution < 1.29 is 0 Å². The van der Waals surface area contributed by atoms with Crippen molar-refractivity contribution in [3.8, 4) is 33.8 Å². The average Bonchev–Trinajstić information content (AvgIpc) is 3.89. The second-order valence-electron chi connectivity index (χ2n) is 16.4. The van der Waals surface area contributed by atoms with E-state index in [0.717, 1.165) is 41.3 Å². The molecule has 0 saturated heterocycles. The van der Waals surface area contributed by atoms with Crippen LogP contribution in [0.3, 0.4) is 0 Å². The molecule has 2 heterocycles. The molecule has 0 spiro atoms. The fraction of sp³-hybridized carbons (Fsp3) is 0.0333. The zero-order valence-electron chi connectivity index (χ0n) is 34.8. The summed E-state index contributed by atoms with van der Waals surface area (Å²) >= 11 is 0. The van der Waals surface area contributed by atoms with Crippen LogP contribution in [0.1, 0.15) is 18.4 Å². The lowest BCUT2D eigenvalue weighted by Crippen LogP contribution is -2.09. The Labute approximate surface area is 367 Å². The van der Waals surface area contributed by atoms with Gasteiger partial charge in [0.15, 0.2) is 0 Å². The van der Waals surface area contributed by atoms with Gasteiger partial charge in [-0.1, -0.05) is 164 Å². The summed E-state index contributed by atoms with van der Waals surface area (Å²) < 4.78 is 4.89. The highest BCUT2D eigenvalue weighted by atomic mass is 15.1. The molecular formula is C60H43N3. The lowest BCUT2D eigenvalue weighted by atomic mass is 9.91. The van der Waals surface area contributed by atoms with Crippen LogP contribution in [0.4, 0.5) is 17.1 Å². The molecule has 298 valence electrons. The standard InChI is InChI=1S/C60H43N3/c1-6-19-43(20-7-1)58-54-39-38-51-50(30-18-31-53(51)60(54)63(47-27-14-5-15-28-47)59(58)44-21-8-2-9-22-44)42-33-35-48(36-34-42)61(45-23-10-3-11-24-45)49-37-40-57-55(41-49)52-29-16-17-32-56(52)62(57)46-25-12-4-13-26-46/h1-6,8-19,21-41H,7,20H2. The van der Waals surface area contributed by atoms with Gasteiger partial charge in [-0.25, -0.2) is 0 Å². The molecule has 12 rings (SSSR count). The van der Waals surface area contributed by atoms with Gasteiger partial charge >= 0.3 is 0 Å². The van der Waals surface area contributed by atoms with Crippen LogP contribution in [-0.4, -0.2) is 9.13 Å². The quantitative estimate of drug-likeness (QED) is 0.149. The largest absolute Gasteiger partial charge is 0.310 e. The third-order valence-corrected chi connectivity index (χ3v) is 12.8. The molecular weight excluding hydrogens is 763 g/mol. The first-order valence-corrected chi connectivity index (χ1v) is 21.9. The molecule has 0 unspecified atom stereocenters. The summed E-state index contributed by atoms with van der Waals surface area (Å²) in [5.41, 5.74) is 16.8. The van der Waals surface area contributed by atoms with Gasteiger partial charge in [0, 0.05) is 55.5 Å². The molecule has 9 aromatic carbocycles. The van der Waals surface area contributed by atoms with Crippen molar-refractivity contribution in [3.05, 3.63) is 242 Å². The molecule has 0 saturated carbocycles. The summed E-state index contributed by atoms with van der Waals surface area (Å²) in [4.78, 5) is 2.37. The monoisotopic (exact) mass is 805 g/mol. The highest BCUT2D eigenvalue weighted by molar-refractivity contribution is 6.17. The Hall–Kier alpha value is -8.14. The summed E-state index contributed by atoms with van der Waals surface area (Å²) in [6.07, 6.45) is 8.88. The SMILES string of the molecule is C1=CCCC(c2c(-c3ccccc3)n(-c3ccccc3)c3c2ccc2c(-c4ccc(N(c5ccccc5)c5ccc6c(c5)c5ccccc5n6-c5ccccc5)cc4)cccc23)=C1. The smallest absolute Gasteiger partial charge is 0.0620 e. The number of hydrogen-bond acceptors (Lipinski definition) is 1. The van der Waals surface area contributed by atoms with E-state index in [1.54, 1.807) is 0 Å². The molecule has 0 bridgehead atoms. The van der Waals surface area contributed by atoms with E-state index in [0.29, 0.717) is 0 Å². The van der Waals surface area contributed by atoms with Crippen LogP contribution in [-0.2, 0) is 0 Å². The summed E-state index contributed by atoms with van der Waals surface area (Å²) in [7, 11) is 0. The Balaban J connectivity index is 1.02. The maximum absolute atomic E-state index is 2.51. The molecule has 3 heteroatoms. The van der Waals surface area contributed by atoms with Gasteiger partial charge in [0.25, 0.3) is 0 Å². The minimum absolute atomic E-state index is 1.01. The van der Waals surface area contributed by atoms with Crippen molar-refractivity contribution >= 4 is 66.1 Å². The number of fused-ring (bicyclic) bond motifs is 6. The number of aromatic nitrogens is 2. The van der Waals surface area contributed by atoms with Crippen LogP contribution >= 0.6 is 0 Å². The third-order valence-electron chi connectivity index (χ3n) is 12.8. The second-order valence-corrected chi connectivity index (χ2v) is 16.4. The molecule has 1 aliphatic carbocycles. The topological polar surface area (TPSA) is 13.1 Å². The Kier molecular flexibility index (Phi) is 8.97. The number of anilines is 3. The first-order valence-electron chi connectivity index (χ1n) is 21.9. The van der Waals surface area contributed by atoms with Crippen LogP contribution in [0.15, 0.2) is 237 Å². The van der Waals surface area contributed by atoms with E-state index >= 15 is 0 Å². The van der Waals surface area contributed by atoms with Crippen molar-refractivity contribution in [3.63, 3.8) is 0 Å². The molecule has 0 radical (unpaired) electrons. The molecule has 0 atom stereocenters. The van der Waals surface area contributed by atoms with Crippen LogP contribution < -0.4 is 4.90 Å². The van der Waals surface area contributed by atoms with Gasteiger partial charge < -0.3 is 14.0 Å². The lowest BCUT2D eigenvalue weighted by Gasteiger charge is -2.26. The van der Waals surface area contributed by atoms with Gasteiger partial charge in [0.1, 0.15) is 0 Å². The average molecular weight is 806 g/mol. The molecule has 2 aromatic heterocycles. The van der Waals surface area contributed by atoms with E-state index in [1.807, 2.05) is 0 Å². The highest BCUT2D eigenvalue weighted by Crippen LogP contribution is 2.46. The molecule has 0 N–H and O–H groups in total. The number of rotatable bonds is 8. The molecule has 63 heavy (non-hydrogen) atoms. The zero-order chi connectivity index (χ0) is 41.7. The Morgan fingerprint density at radius 1 is 0.397 bits per heavy atom. The number of allylic oxidation sites excluding steroid dienone is 4. The fourth-order valence-electron chi connectivity index (χ4n) is 10.00. The van der Waals surface area contributed by atoms with Crippen molar-refractivity contribution in [2.24, 2.45) is 0 Å². The molecule has 0 aliphatic heterocycles. The molecule has 11 aromatic rings. The van der Waals surface area contributed by atoms with E-state index in [9.17, 15) is 0 Å². The number of nitrogens with zero attached hydrogens (tertiary/aromatic N) is 3. The van der Waals surface area contributed by atoms with Gasteiger partial charge in [-0.05, 0) is 113 Å². The van der Waals surface area contributed by atoms with E-state index in [1.165, 1.54) is 77.0 Å². The number of hydrogen-bond donors (Lipinski definition) is 0. The van der Waals surface area contributed by atoms with Crippen LogP contribution in [0.25, 0.3) is 82.8 Å². The minimum Gasteiger partial charge on any atom is -0.310 e. The van der Waals surface area contributed by atoms with Crippen molar-refractivity contribution in [1.29, 1.82) is 0 Å². The lowest BCUT2D eigenvalue weighted by molar-refractivity contribution is 1.05. The number of para-hydroxylation sites is 4. The van der Waals surface area contributed by atoms with Gasteiger partial charge in [-0.2, -0.15) is 0 Å². The van der Waals surface area contributed by atoms with Gasteiger partial charge in [0.05, 0.1) is 22.2 Å². The van der Waals surface area contributed by atoms with Crippen molar-refractivity contribution in [2.45, 2.75) is 12.8 Å². The van der Waals surface area contributed by atoms with E-state index < -0.39 is 0 Å². The third kappa shape index (κ3) is 6.20. The Morgan fingerprint density at radius 2 is 1.00 bits per heavy atom. The van der Waals surface area contributed by atoms with Gasteiger partial charge in [-0.15, -0.1) is 0 Å². The molecule has 1 aliphatic rings. The fourth-order valence-corrected chi connectivity index (χ4v) is 10.00. The van der Waals surface area contributed by atoms with Crippen molar-refractivity contribution in [1.82, 2.24) is 9.13 Å². The van der Waals surface area contributed by atoms with Gasteiger partial charge in [0.2, 0.25) is 0 Å². The molecule has 0 fully saturated rings. The molecule has 3 nitrogen and oxygen atoms in total. The van der Waals surface area contributed by atoms with Crippen LogP contribution in [0.5, 0.6) is 0 Å².